The molecule has 1 unspecified atom stereocenters. The van der Waals surface area contributed by atoms with Gasteiger partial charge in [-0.25, -0.2) is 4.79 Å². The summed E-state index contributed by atoms with van der Waals surface area (Å²) < 4.78 is 0. The Bertz CT molecular complexity index is 514. The Balaban J connectivity index is 2.51. The first-order valence-electron chi connectivity index (χ1n) is 5.22. The summed E-state index contributed by atoms with van der Waals surface area (Å²) in [7, 11) is 0. The summed E-state index contributed by atoms with van der Waals surface area (Å²) in [6.45, 7) is 0. The first-order chi connectivity index (χ1) is 7.97. The molecule has 3 nitrogen and oxygen atoms in total. The lowest BCUT2D eigenvalue weighted by Crippen LogP contribution is -2.26. The van der Waals surface area contributed by atoms with Gasteiger partial charge in [0.1, 0.15) is 0 Å². The molecule has 1 atom stereocenters. The van der Waals surface area contributed by atoms with Crippen LogP contribution in [0.4, 0.5) is 0 Å². The largest absolute Gasteiger partial charge is 0.478 e. The van der Waals surface area contributed by atoms with Crippen LogP contribution in [-0.4, -0.2) is 16.2 Å². The zero-order valence-corrected chi connectivity index (χ0v) is 9.74. The summed E-state index contributed by atoms with van der Waals surface area (Å²) in [5.74, 6) is 1.25. The van der Waals surface area contributed by atoms with Gasteiger partial charge in [0.2, 0.25) is 0 Å². The van der Waals surface area contributed by atoms with Crippen molar-refractivity contribution in [3.63, 3.8) is 0 Å². The van der Waals surface area contributed by atoms with Crippen LogP contribution in [-0.2, 0) is 5.60 Å². The third kappa shape index (κ3) is 2.14. The fraction of sp³-hybridized carbons (Fsp3) is 0.308. The zero-order chi connectivity index (χ0) is 12.6. The fourth-order valence-electron chi connectivity index (χ4n) is 1.87. The van der Waals surface area contributed by atoms with Gasteiger partial charge in [0.15, 0.2) is 5.60 Å². The molecule has 0 aliphatic heterocycles. The average molecular weight is 251 g/mol. The molecular formula is C13H11ClO3. The highest BCUT2D eigenvalue weighted by atomic mass is 35.5. The van der Waals surface area contributed by atoms with Crippen LogP contribution in [0.2, 0.25) is 5.02 Å². The highest BCUT2D eigenvalue weighted by molar-refractivity contribution is 6.31. The number of rotatable bonds is 3. The van der Waals surface area contributed by atoms with Crippen molar-refractivity contribution in [1.29, 1.82) is 0 Å². The van der Waals surface area contributed by atoms with Gasteiger partial charge in [0.05, 0.1) is 5.56 Å². The van der Waals surface area contributed by atoms with Gasteiger partial charge in [-0.15, -0.1) is 6.42 Å². The molecule has 1 aliphatic carbocycles. The predicted octanol–water partition coefficient (Wildman–Crippen LogP) is 2.27. The van der Waals surface area contributed by atoms with E-state index in [-0.39, 0.29) is 16.5 Å². The minimum absolute atomic E-state index is 0.00684. The Kier molecular flexibility index (Phi) is 2.86. The smallest absolute Gasteiger partial charge is 0.335 e. The SMILES string of the molecule is C#CC(O)(c1cc(Cl)cc(C(=O)O)c1)C1CC1. The Morgan fingerprint density at radius 2 is 2.12 bits per heavy atom. The lowest BCUT2D eigenvalue weighted by Gasteiger charge is -2.23. The van der Waals surface area contributed by atoms with E-state index in [2.05, 4.69) is 5.92 Å². The van der Waals surface area contributed by atoms with Crippen LogP contribution in [0.5, 0.6) is 0 Å². The van der Waals surface area contributed by atoms with Gasteiger partial charge in [0, 0.05) is 10.9 Å². The van der Waals surface area contributed by atoms with Gasteiger partial charge in [0.25, 0.3) is 0 Å². The van der Waals surface area contributed by atoms with Crippen molar-refractivity contribution in [3.05, 3.63) is 34.3 Å². The molecule has 88 valence electrons. The van der Waals surface area contributed by atoms with Gasteiger partial charge >= 0.3 is 5.97 Å². The summed E-state index contributed by atoms with van der Waals surface area (Å²) in [6.07, 6.45) is 7.05. The zero-order valence-electron chi connectivity index (χ0n) is 8.98. The maximum absolute atomic E-state index is 10.9. The molecule has 0 aromatic heterocycles. The molecule has 0 saturated heterocycles. The number of carbonyl (C=O) groups is 1. The van der Waals surface area contributed by atoms with Gasteiger partial charge in [-0.2, -0.15) is 0 Å². The van der Waals surface area contributed by atoms with Crippen molar-refractivity contribution in [2.24, 2.45) is 5.92 Å². The highest BCUT2D eigenvalue weighted by Crippen LogP contribution is 2.45. The van der Waals surface area contributed by atoms with E-state index in [9.17, 15) is 9.90 Å². The summed E-state index contributed by atoms with van der Waals surface area (Å²) in [5.41, 5.74) is -0.996. The predicted molar refractivity (Wildman–Crippen MR) is 63.9 cm³/mol. The number of aromatic carboxylic acids is 1. The fourth-order valence-corrected chi connectivity index (χ4v) is 2.11. The number of hydrogen-bond acceptors (Lipinski definition) is 2. The Morgan fingerprint density at radius 3 is 2.59 bits per heavy atom. The van der Waals surface area contributed by atoms with E-state index in [0.29, 0.717) is 5.56 Å². The van der Waals surface area contributed by atoms with Crippen LogP contribution >= 0.6 is 11.6 Å². The number of halogens is 1. The minimum atomic E-state index is -1.41. The average Bonchev–Trinajstić information content (AvgIpc) is 3.11. The molecule has 2 N–H and O–H groups in total. The molecule has 0 heterocycles. The molecule has 1 aliphatic rings. The number of carboxylic acid groups (broad SMARTS) is 1. The van der Waals surface area contributed by atoms with E-state index in [1.54, 1.807) is 0 Å². The molecule has 17 heavy (non-hydrogen) atoms. The number of carboxylic acids is 1. The monoisotopic (exact) mass is 250 g/mol. The first kappa shape index (κ1) is 12.0. The maximum atomic E-state index is 10.9. The molecule has 0 radical (unpaired) electrons. The Hall–Kier alpha value is -1.50. The topological polar surface area (TPSA) is 57.5 Å². The van der Waals surface area contributed by atoms with E-state index < -0.39 is 11.6 Å². The molecule has 1 saturated carbocycles. The number of hydrogen-bond donors (Lipinski definition) is 2. The quantitative estimate of drug-likeness (QED) is 0.809. The summed E-state index contributed by atoms with van der Waals surface area (Å²) in [6, 6.07) is 4.23. The number of terminal acetylenes is 1. The van der Waals surface area contributed by atoms with Crippen molar-refractivity contribution in [2.45, 2.75) is 18.4 Å². The van der Waals surface area contributed by atoms with E-state index in [4.69, 9.17) is 23.1 Å². The van der Waals surface area contributed by atoms with Crippen molar-refractivity contribution < 1.29 is 15.0 Å². The minimum Gasteiger partial charge on any atom is -0.478 e. The van der Waals surface area contributed by atoms with Crippen molar-refractivity contribution in [3.8, 4) is 12.3 Å². The molecule has 1 aromatic rings. The molecule has 0 bridgehead atoms. The van der Waals surface area contributed by atoms with Crippen LogP contribution in [0.1, 0.15) is 28.8 Å². The van der Waals surface area contributed by atoms with Crippen molar-refractivity contribution in [2.75, 3.05) is 0 Å². The summed E-state index contributed by atoms with van der Waals surface area (Å²) in [5, 5.41) is 19.6. The van der Waals surface area contributed by atoms with Crippen LogP contribution in [0, 0.1) is 18.3 Å². The van der Waals surface area contributed by atoms with Crippen LogP contribution < -0.4 is 0 Å². The van der Waals surface area contributed by atoms with Gasteiger partial charge < -0.3 is 10.2 Å². The lowest BCUT2D eigenvalue weighted by atomic mass is 9.88. The standard InChI is InChI=1S/C13H11ClO3/c1-2-13(17,9-3-4-9)10-5-8(12(15)16)6-11(14)7-10/h1,5-7,9,17H,3-4H2,(H,15,16). The molecule has 0 amide bonds. The van der Waals surface area contributed by atoms with Crippen LogP contribution in [0.3, 0.4) is 0 Å². The third-order valence-electron chi connectivity index (χ3n) is 2.97. The summed E-state index contributed by atoms with van der Waals surface area (Å²) in [4.78, 5) is 10.9. The third-order valence-corrected chi connectivity index (χ3v) is 3.19. The second-order valence-corrected chi connectivity index (χ2v) is 4.66. The first-order valence-corrected chi connectivity index (χ1v) is 5.59. The van der Waals surface area contributed by atoms with Gasteiger partial charge in [-0.05, 0) is 36.6 Å². The Labute approximate surface area is 104 Å². The number of benzene rings is 1. The maximum Gasteiger partial charge on any atom is 0.335 e. The number of aliphatic hydroxyl groups is 1. The molecule has 0 spiro atoms. The van der Waals surface area contributed by atoms with Crippen molar-refractivity contribution >= 4 is 17.6 Å². The second-order valence-electron chi connectivity index (χ2n) is 4.22. The van der Waals surface area contributed by atoms with E-state index in [0.717, 1.165) is 12.8 Å². The second kappa shape index (κ2) is 4.06. The Morgan fingerprint density at radius 1 is 1.47 bits per heavy atom. The van der Waals surface area contributed by atoms with Gasteiger partial charge in [-0.3, -0.25) is 0 Å². The molecule has 2 rings (SSSR count). The van der Waals surface area contributed by atoms with Crippen LogP contribution in [0.15, 0.2) is 18.2 Å². The van der Waals surface area contributed by atoms with E-state index >= 15 is 0 Å². The highest BCUT2D eigenvalue weighted by Gasteiger charge is 2.44. The molecular weight excluding hydrogens is 240 g/mol. The van der Waals surface area contributed by atoms with Crippen molar-refractivity contribution in [1.82, 2.24) is 0 Å². The van der Waals surface area contributed by atoms with Crippen LogP contribution in [0.25, 0.3) is 0 Å². The molecule has 4 heteroatoms. The van der Waals surface area contributed by atoms with E-state index in [1.165, 1.54) is 18.2 Å². The normalized spacial score (nSPS) is 18.2. The lowest BCUT2D eigenvalue weighted by molar-refractivity contribution is 0.0690. The van der Waals surface area contributed by atoms with Gasteiger partial charge in [-0.1, -0.05) is 17.5 Å². The molecule has 1 aromatic carbocycles. The molecule has 1 fully saturated rings. The van der Waals surface area contributed by atoms with E-state index in [1.807, 2.05) is 0 Å². The summed E-state index contributed by atoms with van der Waals surface area (Å²) >= 11 is 5.84.